The van der Waals surface area contributed by atoms with Crippen molar-refractivity contribution in [3.63, 3.8) is 0 Å². The number of piperidine rings is 1. The lowest BCUT2D eigenvalue weighted by atomic mass is 9.82. The molecule has 1 amide bonds. The summed E-state index contributed by atoms with van der Waals surface area (Å²) in [7, 11) is 3.21. The smallest absolute Gasteiger partial charge is 0.232 e. The zero-order chi connectivity index (χ0) is 18.7. The van der Waals surface area contributed by atoms with Gasteiger partial charge in [0.1, 0.15) is 12.7 Å². The first-order valence-corrected chi connectivity index (χ1v) is 8.83. The summed E-state index contributed by atoms with van der Waals surface area (Å²) < 4.78 is 12.6. The highest BCUT2D eigenvalue weighted by Gasteiger charge is 2.36. The number of carbonyl (C=O) groups is 1. The number of likely N-dealkylation sites (tertiary alicyclic amines) is 1. The average molecular weight is 358 g/mol. The maximum Gasteiger partial charge on any atom is 0.232 e. The molecule has 0 saturated carbocycles. The number of benzene rings is 1. The largest absolute Gasteiger partial charge is 0.493 e. The van der Waals surface area contributed by atoms with Crippen LogP contribution in [0, 0.1) is 0 Å². The molecule has 7 heteroatoms. The third-order valence-corrected chi connectivity index (χ3v) is 5.20. The van der Waals surface area contributed by atoms with E-state index in [4.69, 9.17) is 9.47 Å². The third-order valence-electron chi connectivity index (χ3n) is 5.20. The fourth-order valence-electron chi connectivity index (χ4n) is 3.48. The summed E-state index contributed by atoms with van der Waals surface area (Å²) in [4.78, 5) is 19.1. The van der Waals surface area contributed by atoms with Crippen molar-refractivity contribution >= 4 is 5.91 Å². The van der Waals surface area contributed by atoms with Crippen molar-refractivity contribution in [2.45, 2.75) is 38.1 Å². The van der Waals surface area contributed by atoms with Crippen LogP contribution in [0.25, 0.3) is 0 Å². The van der Waals surface area contributed by atoms with E-state index in [0.29, 0.717) is 17.5 Å². The molecule has 1 saturated heterocycles. The second kappa shape index (κ2) is 7.35. The van der Waals surface area contributed by atoms with Gasteiger partial charge in [-0.1, -0.05) is 6.07 Å². The van der Waals surface area contributed by atoms with Crippen LogP contribution in [0.5, 0.6) is 11.5 Å². The molecule has 3 rings (SSSR count). The summed E-state index contributed by atoms with van der Waals surface area (Å²) in [6, 6.07) is 5.98. The highest BCUT2D eigenvalue weighted by molar-refractivity contribution is 5.87. The first-order chi connectivity index (χ1) is 12.5. The van der Waals surface area contributed by atoms with Gasteiger partial charge in [-0.25, -0.2) is 9.67 Å². The molecule has 1 aromatic carbocycles. The maximum absolute atomic E-state index is 13.2. The monoisotopic (exact) mass is 358 g/mol. The van der Waals surface area contributed by atoms with Crippen molar-refractivity contribution in [1.82, 2.24) is 19.7 Å². The Morgan fingerprint density at radius 3 is 2.42 bits per heavy atom. The molecule has 1 fully saturated rings. The van der Waals surface area contributed by atoms with Crippen LogP contribution in [0.15, 0.2) is 30.9 Å². The Kier molecular flexibility index (Phi) is 5.15. The molecular formula is C19H26N4O3. The van der Waals surface area contributed by atoms with Crippen LogP contribution in [-0.4, -0.2) is 52.9 Å². The van der Waals surface area contributed by atoms with Crippen molar-refractivity contribution in [3.05, 3.63) is 36.4 Å². The topological polar surface area (TPSA) is 69.5 Å². The SMILES string of the molecule is COc1ccc(C(C)(C)C(=O)N2CCC(n3cncn3)CC2)cc1OC. The van der Waals surface area contributed by atoms with E-state index in [2.05, 4.69) is 10.1 Å². The molecule has 0 N–H and O–H groups in total. The van der Waals surface area contributed by atoms with Crippen LogP contribution in [-0.2, 0) is 10.2 Å². The number of ether oxygens (including phenoxy) is 2. The van der Waals surface area contributed by atoms with Gasteiger partial charge in [0.15, 0.2) is 11.5 Å². The predicted molar refractivity (Wildman–Crippen MR) is 97.4 cm³/mol. The minimum Gasteiger partial charge on any atom is -0.493 e. The number of carbonyl (C=O) groups excluding carboxylic acids is 1. The quantitative estimate of drug-likeness (QED) is 0.821. The average Bonchev–Trinajstić information content (AvgIpc) is 3.21. The number of hydrogen-bond donors (Lipinski definition) is 0. The molecule has 2 aromatic rings. The fraction of sp³-hybridized carbons (Fsp3) is 0.526. The zero-order valence-electron chi connectivity index (χ0n) is 15.8. The minimum absolute atomic E-state index is 0.127. The summed E-state index contributed by atoms with van der Waals surface area (Å²) in [6.07, 6.45) is 5.07. The van der Waals surface area contributed by atoms with Gasteiger partial charge in [0.25, 0.3) is 0 Å². The van der Waals surface area contributed by atoms with Crippen molar-refractivity contribution in [1.29, 1.82) is 0 Å². The zero-order valence-corrected chi connectivity index (χ0v) is 15.8. The van der Waals surface area contributed by atoms with Crippen LogP contribution in [0.4, 0.5) is 0 Å². The van der Waals surface area contributed by atoms with Crippen molar-refractivity contribution in [3.8, 4) is 11.5 Å². The number of nitrogens with zero attached hydrogens (tertiary/aromatic N) is 4. The van der Waals surface area contributed by atoms with E-state index < -0.39 is 5.41 Å². The van der Waals surface area contributed by atoms with Gasteiger partial charge in [-0.2, -0.15) is 5.10 Å². The first kappa shape index (κ1) is 18.2. The Bertz CT molecular complexity index is 750. The fourth-order valence-corrected chi connectivity index (χ4v) is 3.48. The molecule has 0 spiro atoms. The van der Waals surface area contributed by atoms with Crippen LogP contribution < -0.4 is 9.47 Å². The van der Waals surface area contributed by atoms with Crippen molar-refractivity contribution in [2.24, 2.45) is 0 Å². The minimum atomic E-state index is -0.639. The van der Waals surface area contributed by atoms with Gasteiger partial charge in [-0.05, 0) is 44.4 Å². The predicted octanol–water partition coefficient (Wildman–Crippen LogP) is 2.44. The molecule has 0 bridgehead atoms. The Labute approximate surface area is 153 Å². The van der Waals surface area contributed by atoms with E-state index in [9.17, 15) is 4.79 Å². The van der Waals surface area contributed by atoms with Crippen LogP contribution >= 0.6 is 0 Å². The third kappa shape index (κ3) is 3.38. The van der Waals surface area contributed by atoms with Gasteiger partial charge in [0.2, 0.25) is 5.91 Å². The first-order valence-electron chi connectivity index (χ1n) is 8.83. The molecule has 7 nitrogen and oxygen atoms in total. The van der Waals surface area contributed by atoms with Gasteiger partial charge in [-0.3, -0.25) is 4.79 Å². The second-order valence-electron chi connectivity index (χ2n) is 7.09. The lowest BCUT2D eigenvalue weighted by Gasteiger charge is -2.37. The van der Waals surface area contributed by atoms with E-state index in [1.54, 1.807) is 26.9 Å². The van der Waals surface area contributed by atoms with Gasteiger partial charge in [0.05, 0.1) is 25.7 Å². The van der Waals surface area contributed by atoms with E-state index in [1.165, 1.54) is 0 Å². The van der Waals surface area contributed by atoms with Crippen molar-refractivity contribution < 1.29 is 14.3 Å². The standard InChI is InChI=1S/C19H26N4O3/c1-19(2,14-5-6-16(25-3)17(11-14)26-4)18(24)22-9-7-15(8-10-22)23-13-20-12-21-23/h5-6,11-13,15H,7-10H2,1-4H3. The molecule has 0 radical (unpaired) electrons. The molecule has 0 unspecified atom stereocenters. The molecule has 1 aromatic heterocycles. The molecule has 0 aliphatic carbocycles. The second-order valence-corrected chi connectivity index (χ2v) is 7.09. The van der Waals surface area contributed by atoms with E-state index in [1.807, 2.05) is 41.6 Å². The Morgan fingerprint density at radius 1 is 1.15 bits per heavy atom. The summed E-state index contributed by atoms with van der Waals surface area (Å²) in [5.41, 5.74) is 0.276. The van der Waals surface area contributed by atoms with E-state index in [0.717, 1.165) is 31.5 Å². The van der Waals surface area contributed by atoms with Crippen LogP contribution in [0.2, 0.25) is 0 Å². The molecule has 0 atom stereocenters. The number of amides is 1. The molecule has 1 aliphatic rings. The molecule has 2 heterocycles. The molecular weight excluding hydrogens is 332 g/mol. The van der Waals surface area contributed by atoms with Gasteiger partial charge >= 0.3 is 0 Å². The Morgan fingerprint density at radius 2 is 1.85 bits per heavy atom. The Balaban J connectivity index is 1.72. The summed E-state index contributed by atoms with van der Waals surface area (Å²) in [5.74, 6) is 1.42. The number of methoxy groups -OCH3 is 2. The number of hydrogen-bond acceptors (Lipinski definition) is 5. The lowest BCUT2D eigenvalue weighted by Crippen LogP contribution is -2.47. The van der Waals surface area contributed by atoms with Gasteiger partial charge in [-0.15, -0.1) is 0 Å². The van der Waals surface area contributed by atoms with Crippen LogP contribution in [0.3, 0.4) is 0 Å². The molecule has 140 valence electrons. The maximum atomic E-state index is 13.2. The highest BCUT2D eigenvalue weighted by Crippen LogP contribution is 2.35. The highest BCUT2D eigenvalue weighted by atomic mass is 16.5. The summed E-state index contributed by atoms with van der Waals surface area (Å²) in [5, 5.41) is 4.22. The number of aromatic nitrogens is 3. The summed E-state index contributed by atoms with van der Waals surface area (Å²) >= 11 is 0. The van der Waals surface area contributed by atoms with Gasteiger partial charge in [0, 0.05) is 13.1 Å². The van der Waals surface area contributed by atoms with Crippen LogP contribution in [0.1, 0.15) is 38.3 Å². The van der Waals surface area contributed by atoms with Crippen molar-refractivity contribution in [2.75, 3.05) is 27.3 Å². The van der Waals surface area contributed by atoms with Gasteiger partial charge < -0.3 is 14.4 Å². The normalized spacial score (nSPS) is 15.8. The number of rotatable bonds is 5. The van der Waals surface area contributed by atoms with E-state index >= 15 is 0 Å². The summed E-state index contributed by atoms with van der Waals surface area (Å²) in [6.45, 7) is 5.36. The Hall–Kier alpha value is -2.57. The lowest BCUT2D eigenvalue weighted by molar-refractivity contribution is -0.137. The molecule has 1 aliphatic heterocycles. The molecule has 26 heavy (non-hydrogen) atoms. The van der Waals surface area contributed by atoms with E-state index in [-0.39, 0.29) is 5.91 Å².